The number of ether oxygens (including phenoxy) is 1. The number of hydrazine groups is 1. The van der Waals surface area contributed by atoms with Gasteiger partial charge in [0, 0.05) is 52.8 Å². The summed E-state index contributed by atoms with van der Waals surface area (Å²) in [5.41, 5.74) is 7.17. The Balaban J connectivity index is 0.000000163. The monoisotopic (exact) mass is 771 g/mol. The van der Waals surface area contributed by atoms with Crippen molar-refractivity contribution in [1.29, 1.82) is 0 Å². The van der Waals surface area contributed by atoms with Crippen LogP contribution in [0.4, 0.5) is 22.7 Å². The standard InChI is InChI=1S/C17H13ClN4O.C16H12ClNOS.C4H8O.C2H6N2O/c1-11-19-20-16-10-17(23)22(13-8-6-12(18)7-9-13)15-5-3-2-4-14(15)21(11)16;17-12-5-7-13(8-6-12)18-15-4-2-1-3-11(15)9-14(20)10-16(18)19;1-2-4-5-3-1;1-2(5)4-3/h2-9H,10H2,1H3;1-8H,9-10H2;1-4H2;3H2,1H3,(H,4,5). The summed E-state index contributed by atoms with van der Waals surface area (Å²) in [5, 5.41) is 9.55. The summed E-state index contributed by atoms with van der Waals surface area (Å²) in [6.07, 6.45) is 3.71. The lowest BCUT2D eigenvalue weighted by Crippen LogP contribution is -2.26. The molecule has 0 saturated carbocycles. The van der Waals surface area contributed by atoms with E-state index in [1.165, 1.54) is 19.8 Å². The van der Waals surface area contributed by atoms with Crippen LogP contribution in [0.1, 0.15) is 43.4 Å². The van der Waals surface area contributed by atoms with E-state index in [4.69, 9.17) is 40.2 Å². The van der Waals surface area contributed by atoms with Crippen molar-refractivity contribution in [3.8, 4) is 5.69 Å². The van der Waals surface area contributed by atoms with Crippen LogP contribution < -0.4 is 21.1 Å². The summed E-state index contributed by atoms with van der Waals surface area (Å²) in [7, 11) is 0. The van der Waals surface area contributed by atoms with Gasteiger partial charge in [-0.05, 0) is 92.1 Å². The van der Waals surface area contributed by atoms with Crippen molar-refractivity contribution in [2.24, 2.45) is 5.84 Å². The maximum absolute atomic E-state index is 12.8. The summed E-state index contributed by atoms with van der Waals surface area (Å²) in [5.74, 6) is 5.72. The fourth-order valence-corrected chi connectivity index (χ4v) is 6.35. The molecule has 4 heterocycles. The quantitative estimate of drug-likeness (QED) is 0.0813. The summed E-state index contributed by atoms with van der Waals surface area (Å²) in [4.78, 5) is 39.1. The molecule has 4 aromatic carbocycles. The second-order valence-corrected chi connectivity index (χ2v) is 13.6. The van der Waals surface area contributed by atoms with Gasteiger partial charge in [-0.2, -0.15) is 0 Å². The molecule has 0 unspecified atom stereocenters. The Labute approximate surface area is 323 Å². The van der Waals surface area contributed by atoms with Gasteiger partial charge >= 0.3 is 0 Å². The van der Waals surface area contributed by atoms with Crippen molar-refractivity contribution in [2.45, 2.75) is 46.0 Å². The van der Waals surface area contributed by atoms with Gasteiger partial charge in [0.05, 0.1) is 29.9 Å². The highest BCUT2D eigenvalue weighted by Crippen LogP contribution is 2.36. The molecule has 3 amide bonds. The lowest BCUT2D eigenvalue weighted by Gasteiger charge is -2.23. The first kappa shape index (κ1) is 39.2. The molecule has 0 aliphatic carbocycles. The second-order valence-electron chi connectivity index (χ2n) is 12.1. The predicted octanol–water partition coefficient (Wildman–Crippen LogP) is 7.56. The zero-order valence-corrected chi connectivity index (χ0v) is 31.6. The van der Waals surface area contributed by atoms with Crippen LogP contribution >= 0.6 is 35.4 Å². The zero-order chi connectivity index (χ0) is 37.9. The van der Waals surface area contributed by atoms with Crippen molar-refractivity contribution in [3.63, 3.8) is 0 Å². The van der Waals surface area contributed by atoms with Gasteiger partial charge in [0.15, 0.2) is 0 Å². The number of anilines is 4. The van der Waals surface area contributed by atoms with Crippen LogP contribution in [0.25, 0.3) is 5.69 Å². The van der Waals surface area contributed by atoms with E-state index in [-0.39, 0.29) is 24.1 Å². The maximum atomic E-state index is 12.8. The molecule has 14 heteroatoms. The maximum Gasteiger partial charge on any atom is 0.239 e. The van der Waals surface area contributed by atoms with Crippen molar-refractivity contribution in [1.82, 2.24) is 20.2 Å². The Hall–Kier alpha value is -4.98. The summed E-state index contributed by atoms with van der Waals surface area (Å²) >= 11 is 17.2. The molecule has 3 aliphatic heterocycles. The SMILES string of the molecule is C1CCOC1.CC(=O)NN.Cc1nnc2n1-c1ccccc1N(c1ccc(Cl)cc1)C(=O)C2.O=C1CC(=S)Cc2ccccc2N1c1ccc(Cl)cc1. The van der Waals surface area contributed by atoms with E-state index in [2.05, 4.69) is 16.0 Å². The number of amides is 3. The van der Waals surface area contributed by atoms with E-state index in [9.17, 15) is 14.4 Å². The topological polar surface area (TPSA) is 136 Å². The number of nitrogens with two attached hydrogens (primary N) is 1. The minimum absolute atomic E-state index is 0.00210. The average Bonchev–Trinajstić information content (AvgIpc) is 3.81. The summed E-state index contributed by atoms with van der Waals surface area (Å²) in [6.45, 7) is 5.23. The van der Waals surface area contributed by atoms with Gasteiger partial charge in [-0.15, -0.1) is 10.2 Å². The molecule has 3 N–H and O–H groups in total. The fraction of sp³-hybridized carbons (Fsp3) is 0.231. The molecule has 0 radical (unpaired) electrons. The highest BCUT2D eigenvalue weighted by molar-refractivity contribution is 7.80. The molecular formula is C39H39Cl2N7O4S. The second kappa shape index (κ2) is 18.7. The first-order valence-corrected chi connectivity index (χ1v) is 18.1. The predicted molar refractivity (Wildman–Crippen MR) is 212 cm³/mol. The number of halogens is 2. The first-order valence-electron chi connectivity index (χ1n) is 16.9. The Morgan fingerprint density at radius 1 is 0.736 bits per heavy atom. The molecule has 5 aromatic rings. The van der Waals surface area contributed by atoms with Crippen molar-refractivity contribution >= 4 is 80.8 Å². The molecule has 0 atom stereocenters. The Bertz CT molecular complexity index is 2060. The molecule has 1 saturated heterocycles. The first-order chi connectivity index (χ1) is 25.6. The van der Waals surface area contributed by atoms with Crippen molar-refractivity contribution in [3.05, 3.63) is 124 Å². The summed E-state index contributed by atoms with van der Waals surface area (Å²) in [6, 6.07) is 30.2. The van der Waals surface area contributed by atoms with Crippen LogP contribution in [0, 0.1) is 6.92 Å². The number of fused-ring (bicyclic) bond motifs is 4. The van der Waals surface area contributed by atoms with Gasteiger partial charge < -0.3 is 4.74 Å². The third kappa shape index (κ3) is 10.1. The van der Waals surface area contributed by atoms with Gasteiger partial charge in [0.25, 0.3) is 0 Å². The smallest absolute Gasteiger partial charge is 0.239 e. The number of carbonyl (C=O) groups excluding carboxylic acids is 3. The Morgan fingerprint density at radius 3 is 1.75 bits per heavy atom. The van der Waals surface area contributed by atoms with Crippen LogP contribution in [0.5, 0.6) is 0 Å². The fourth-order valence-electron chi connectivity index (χ4n) is 5.82. The average molecular weight is 773 g/mol. The number of thiocarbonyl (C=S) groups is 1. The van der Waals surface area contributed by atoms with Gasteiger partial charge in [-0.25, -0.2) is 5.84 Å². The van der Waals surface area contributed by atoms with E-state index in [1.807, 2.05) is 89.7 Å². The minimum atomic E-state index is -0.218. The van der Waals surface area contributed by atoms with Gasteiger partial charge in [-0.3, -0.25) is 34.2 Å². The zero-order valence-electron chi connectivity index (χ0n) is 29.3. The summed E-state index contributed by atoms with van der Waals surface area (Å²) < 4.78 is 6.88. The number of benzene rings is 4. The van der Waals surface area contributed by atoms with Gasteiger partial charge in [0.2, 0.25) is 17.7 Å². The molecule has 11 nitrogen and oxygen atoms in total. The number of rotatable bonds is 2. The number of aromatic nitrogens is 3. The van der Waals surface area contributed by atoms with Crippen molar-refractivity contribution < 1.29 is 19.1 Å². The lowest BCUT2D eigenvalue weighted by molar-refractivity contribution is -0.119. The molecule has 0 spiro atoms. The molecule has 53 heavy (non-hydrogen) atoms. The number of hydrogen-bond acceptors (Lipinski definition) is 8. The molecule has 1 aromatic heterocycles. The molecule has 3 aliphatic rings. The highest BCUT2D eigenvalue weighted by Gasteiger charge is 2.29. The third-order valence-corrected chi connectivity index (χ3v) is 9.02. The molecule has 8 rings (SSSR count). The largest absolute Gasteiger partial charge is 0.381 e. The van der Waals surface area contributed by atoms with E-state index < -0.39 is 0 Å². The number of hydrogen-bond donors (Lipinski definition) is 2. The lowest BCUT2D eigenvalue weighted by atomic mass is 10.1. The molecular weight excluding hydrogens is 733 g/mol. The molecule has 1 fully saturated rings. The van der Waals surface area contributed by atoms with E-state index in [0.29, 0.717) is 28.7 Å². The molecule has 0 bridgehead atoms. The van der Waals surface area contributed by atoms with Crippen LogP contribution in [-0.4, -0.2) is 50.6 Å². The number of nitrogens with one attached hydrogen (secondary N) is 1. The Kier molecular flexibility index (Phi) is 13.8. The van der Waals surface area contributed by atoms with Crippen LogP contribution in [-0.2, 0) is 32.0 Å². The van der Waals surface area contributed by atoms with Gasteiger partial charge in [0.1, 0.15) is 11.6 Å². The van der Waals surface area contributed by atoms with Crippen molar-refractivity contribution in [2.75, 3.05) is 23.0 Å². The highest BCUT2D eigenvalue weighted by atomic mass is 35.5. The van der Waals surface area contributed by atoms with E-state index in [1.54, 1.807) is 34.1 Å². The number of aryl methyl sites for hydroxylation is 1. The number of nitrogens with zero attached hydrogens (tertiary/aromatic N) is 5. The van der Waals surface area contributed by atoms with Crippen LogP contribution in [0.15, 0.2) is 97.1 Å². The number of carbonyl (C=O) groups is 3. The van der Waals surface area contributed by atoms with E-state index >= 15 is 0 Å². The van der Waals surface area contributed by atoms with E-state index in [0.717, 1.165) is 57.9 Å². The minimum Gasteiger partial charge on any atom is -0.381 e. The third-order valence-electron chi connectivity index (χ3n) is 8.23. The Morgan fingerprint density at radius 2 is 1.23 bits per heavy atom. The normalized spacial score (nSPS) is 14.4. The number of para-hydroxylation sites is 3. The van der Waals surface area contributed by atoms with Crippen LogP contribution in [0.2, 0.25) is 10.0 Å². The van der Waals surface area contributed by atoms with Crippen LogP contribution in [0.3, 0.4) is 0 Å². The van der Waals surface area contributed by atoms with Gasteiger partial charge in [-0.1, -0.05) is 65.8 Å². The molecule has 274 valence electrons.